The second-order valence-electron chi connectivity index (χ2n) is 7.36. The number of sulfonamides is 1. The predicted octanol–water partition coefficient (Wildman–Crippen LogP) is 4.66. The fourth-order valence-corrected chi connectivity index (χ4v) is 4.87. The molecule has 0 fully saturated rings. The van der Waals surface area contributed by atoms with E-state index < -0.39 is 22.2 Å². The van der Waals surface area contributed by atoms with Crippen molar-refractivity contribution in [3.63, 3.8) is 0 Å². The van der Waals surface area contributed by atoms with E-state index in [1.165, 1.54) is 12.1 Å². The number of carboxylic acids is 1. The minimum atomic E-state index is -5.08. The highest BCUT2D eigenvalue weighted by Crippen LogP contribution is 2.30. The third kappa shape index (κ3) is 7.62. The molecule has 9 nitrogen and oxygen atoms in total. The van der Waals surface area contributed by atoms with Crippen LogP contribution in [-0.4, -0.2) is 47.4 Å². The van der Waals surface area contributed by atoms with Crippen LogP contribution in [0.2, 0.25) is 0 Å². The monoisotopic (exact) mass is 554 g/mol. The van der Waals surface area contributed by atoms with Crippen LogP contribution in [0.5, 0.6) is 0 Å². The Morgan fingerprint density at radius 1 is 0.946 bits per heavy atom. The number of anilines is 2. The van der Waals surface area contributed by atoms with Gasteiger partial charge in [0.2, 0.25) is 0 Å². The van der Waals surface area contributed by atoms with Crippen LogP contribution in [0.1, 0.15) is 17.3 Å². The van der Waals surface area contributed by atoms with Gasteiger partial charge in [0.15, 0.2) is 11.6 Å². The Morgan fingerprint density at radius 2 is 1.51 bits per heavy atom. The van der Waals surface area contributed by atoms with Crippen LogP contribution in [0.4, 0.5) is 24.8 Å². The van der Waals surface area contributed by atoms with Gasteiger partial charge in [-0.15, -0.1) is 11.3 Å². The lowest BCUT2D eigenvalue weighted by Crippen LogP contribution is -2.21. The van der Waals surface area contributed by atoms with Crippen LogP contribution < -0.4 is 10.0 Å². The average molecular weight is 555 g/mol. The van der Waals surface area contributed by atoms with Crippen molar-refractivity contribution < 1.29 is 36.6 Å². The largest absolute Gasteiger partial charge is 0.490 e. The Balaban J connectivity index is 0.000000479. The topological polar surface area (TPSA) is 142 Å². The smallest absolute Gasteiger partial charge is 0.475 e. The minimum Gasteiger partial charge on any atom is -0.475 e. The molecule has 14 heteroatoms. The van der Waals surface area contributed by atoms with Crippen molar-refractivity contribution in [2.75, 3.05) is 16.6 Å². The van der Waals surface area contributed by atoms with Gasteiger partial charge in [-0.3, -0.25) is 4.72 Å². The number of hydrogen-bond acceptors (Lipinski definition) is 8. The number of nitrogens with one attached hydrogen (secondary N) is 2. The van der Waals surface area contributed by atoms with Gasteiger partial charge in [0.25, 0.3) is 10.0 Å². The summed E-state index contributed by atoms with van der Waals surface area (Å²) in [6.07, 6.45) is -4.64. The molecule has 2 aromatic carbocycles. The van der Waals surface area contributed by atoms with Crippen LogP contribution in [0.15, 0.2) is 77.0 Å². The standard InChI is InChI=1S/C21H20N4O3S2.C2HF3O2/c26-13-12-18(19-11-6-14-29-19)24-20-21(23-17-10-5-4-9-16(17)22-20)25-30(27,28)15-7-2-1-3-8-15;3-2(4,5)1(6)7/h1-11,14,18,26H,12-13H2,(H,22,24)(H,23,25);(H,6,7). The molecule has 2 aromatic heterocycles. The number of aliphatic hydroxyl groups excluding tert-OH is 1. The van der Waals surface area contributed by atoms with Gasteiger partial charge in [-0.05, 0) is 42.1 Å². The number of benzene rings is 2. The maximum absolute atomic E-state index is 12.9. The Morgan fingerprint density at radius 3 is 2.03 bits per heavy atom. The van der Waals surface area contributed by atoms with Crippen LogP contribution in [0, 0.1) is 0 Å². The van der Waals surface area contributed by atoms with E-state index in [2.05, 4.69) is 20.0 Å². The Hall–Kier alpha value is -3.75. The summed E-state index contributed by atoms with van der Waals surface area (Å²) in [7, 11) is -3.85. The van der Waals surface area contributed by atoms with Crippen molar-refractivity contribution in [2.45, 2.75) is 23.5 Å². The molecule has 0 aliphatic carbocycles. The third-order valence-corrected chi connectivity index (χ3v) is 7.05. The van der Waals surface area contributed by atoms with Crippen LogP contribution in [-0.2, 0) is 14.8 Å². The molecular weight excluding hydrogens is 533 g/mol. The summed E-state index contributed by atoms with van der Waals surface area (Å²) in [5.74, 6) is -2.34. The van der Waals surface area contributed by atoms with Gasteiger partial charge in [-0.25, -0.2) is 23.2 Å². The summed E-state index contributed by atoms with van der Waals surface area (Å²) in [5.41, 5.74) is 1.21. The molecule has 1 unspecified atom stereocenters. The summed E-state index contributed by atoms with van der Waals surface area (Å²) in [6.45, 7) is -0.0261. The zero-order chi connectivity index (χ0) is 27.1. The lowest BCUT2D eigenvalue weighted by Gasteiger charge is -2.20. The highest BCUT2D eigenvalue weighted by Gasteiger charge is 2.38. The molecule has 2 heterocycles. The highest BCUT2D eigenvalue weighted by atomic mass is 32.2. The number of hydrogen-bond donors (Lipinski definition) is 4. The number of rotatable bonds is 8. The lowest BCUT2D eigenvalue weighted by molar-refractivity contribution is -0.192. The van der Waals surface area contributed by atoms with Gasteiger partial charge in [0.1, 0.15) is 0 Å². The summed E-state index contributed by atoms with van der Waals surface area (Å²) < 4.78 is 60.1. The van der Waals surface area contributed by atoms with Gasteiger partial charge in [0.05, 0.1) is 22.0 Å². The van der Waals surface area contributed by atoms with Gasteiger partial charge in [0, 0.05) is 11.5 Å². The first-order valence-electron chi connectivity index (χ1n) is 10.6. The number of carbonyl (C=O) groups is 1. The fraction of sp³-hybridized carbons (Fsp3) is 0.174. The first kappa shape index (κ1) is 27.8. The van der Waals surface area contributed by atoms with Gasteiger partial charge in [-0.1, -0.05) is 36.4 Å². The molecule has 0 aliphatic rings. The molecule has 0 aliphatic heterocycles. The predicted molar refractivity (Wildman–Crippen MR) is 133 cm³/mol. The Kier molecular flexibility index (Phi) is 9.02. The molecule has 0 bridgehead atoms. The van der Waals surface area contributed by atoms with E-state index in [9.17, 15) is 26.7 Å². The molecule has 0 amide bonds. The first-order valence-corrected chi connectivity index (χ1v) is 12.9. The molecule has 0 saturated heterocycles. The summed E-state index contributed by atoms with van der Waals surface area (Å²) >= 11 is 1.55. The van der Waals surface area contributed by atoms with Crippen molar-refractivity contribution in [2.24, 2.45) is 0 Å². The van der Waals surface area contributed by atoms with Crippen molar-refractivity contribution in [1.29, 1.82) is 0 Å². The molecule has 0 spiro atoms. The van der Waals surface area contributed by atoms with E-state index in [-0.39, 0.29) is 23.4 Å². The number of aliphatic carboxylic acids is 1. The molecule has 4 rings (SSSR count). The molecule has 196 valence electrons. The first-order chi connectivity index (χ1) is 17.5. The number of thiophene rings is 1. The molecule has 0 radical (unpaired) electrons. The fourth-order valence-electron chi connectivity index (χ4n) is 3.03. The second kappa shape index (κ2) is 12.0. The lowest BCUT2D eigenvalue weighted by atomic mass is 10.2. The van der Waals surface area contributed by atoms with E-state index in [4.69, 9.17) is 9.90 Å². The number of halogens is 3. The van der Waals surface area contributed by atoms with Gasteiger partial charge < -0.3 is 15.5 Å². The van der Waals surface area contributed by atoms with E-state index >= 15 is 0 Å². The zero-order valence-electron chi connectivity index (χ0n) is 18.9. The Labute approximate surface area is 213 Å². The average Bonchev–Trinajstić information content (AvgIpc) is 3.39. The number of carboxylic acid groups (broad SMARTS) is 1. The highest BCUT2D eigenvalue weighted by molar-refractivity contribution is 7.92. The van der Waals surface area contributed by atoms with E-state index in [1.807, 2.05) is 35.7 Å². The van der Waals surface area contributed by atoms with E-state index in [1.54, 1.807) is 35.6 Å². The number of aliphatic hydroxyl groups is 1. The number of alkyl halides is 3. The quantitative estimate of drug-likeness (QED) is 0.246. The summed E-state index contributed by atoms with van der Waals surface area (Å²) in [6, 6.07) is 19.0. The molecule has 37 heavy (non-hydrogen) atoms. The summed E-state index contributed by atoms with van der Waals surface area (Å²) in [4.78, 5) is 19.2. The number of fused-ring (bicyclic) bond motifs is 1. The van der Waals surface area contributed by atoms with E-state index in [0.29, 0.717) is 23.3 Å². The normalized spacial score (nSPS) is 12.3. The van der Waals surface area contributed by atoms with Crippen LogP contribution in [0.3, 0.4) is 0 Å². The Bertz CT molecular complexity index is 1430. The molecule has 0 saturated carbocycles. The van der Waals surface area contributed by atoms with Crippen molar-refractivity contribution >= 4 is 50.0 Å². The van der Waals surface area contributed by atoms with Gasteiger partial charge in [-0.2, -0.15) is 13.2 Å². The van der Waals surface area contributed by atoms with E-state index in [0.717, 1.165) is 4.88 Å². The number of aromatic nitrogens is 2. The SMILES string of the molecule is O=C(O)C(F)(F)F.O=S(=O)(Nc1nc2ccccc2nc1NC(CCO)c1cccs1)c1ccccc1. The van der Waals surface area contributed by atoms with Crippen molar-refractivity contribution in [3.05, 3.63) is 77.0 Å². The van der Waals surface area contributed by atoms with Crippen molar-refractivity contribution in [1.82, 2.24) is 9.97 Å². The van der Waals surface area contributed by atoms with Crippen LogP contribution in [0.25, 0.3) is 11.0 Å². The second-order valence-corrected chi connectivity index (χ2v) is 10.0. The van der Waals surface area contributed by atoms with Crippen molar-refractivity contribution in [3.8, 4) is 0 Å². The number of nitrogens with zero attached hydrogens (tertiary/aromatic N) is 2. The minimum absolute atomic E-state index is 0.0261. The third-order valence-electron chi connectivity index (χ3n) is 4.71. The summed E-state index contributed by atoms with van der Waals surface area (Å²) in [5, 5.41) is 21.8. The number of para-hydroxylation sites is 2. The molecule has 4 N–H and O–H groups in total. The van der Waals surface area contributed by atoms with Gasteiger partial charge >= 0.3 is 12.1 Å². The van der Waals surface area contributed by atoms with Crippen LogP contribution >= 0.6 is 11.3 Å². The molecule has 1 atom stereocenters. The molecule has 4 aromatic rings. The molecular formula is C23H21F3N4O5S2. The maximum atomic E-state index is 12.9. The maximum Gasteiger partial charge on any atom is 0.490 e. The zero-order valence-corrected chi connectivity index (χ0v) is 20.5.